The van der Waals surface area contributed by atoms with Crippen LogP contribution >= 0.6 is 11.6 Å². The Kier molecular flexibility index (Phi) is 5.09. The second-order valence-electron chi connectivity index (χ2n) is 4.06. The Morgan fingerprint density at radius 2 is 2.06 bits per heavy atom. The lowest BCUT2D eigenvalue weighted by atomic mass is 10.0. The van der Waals surface area contributed by atoms with E-state index >= 15 is 0 Å². The van der Waals surface area contributed by atoms with Gasteiger partial charge in [-0.2, -0.15) is 0 Å². The summed E-state index contributed by atoms with van der Waals surface area (Å²) in [5.74, 6) is -1.03. The van der Waals surface area contributed by atoms with Gasteiger partial charge in [0.15, 0.2) is 0 Å². The van der Waals surface area contributed by atoms with Crippen LogP contribution in [0.2, 0.25) is 5.15 Å². The summed E-state index contributed by atoms with van der Waals surface area (Å²) in [6.07, 6.45) is 0. The van der Waals surface area contributed by atoms with Gasteiger partial charge in [0, 0.05) is 0 Å². The van der Waals surface area contributed by atoms with Crippen molar-refractivity contribution in [3.63, 3.8) is 0 Å². The van der Waals surface area contributed by atoms with Crippen LogP contribution in [0.4, 0.5) is 0 Å². The van der Waals surface area contributed by atoms with Crippen molar-refractivity contribution in [1.29, 1.82) is 0 Å². The van der Waals surface area contributed by atoms with E-state index in [9.17, 15) is 9.59 Å². The van der Waals surface area contributed by atoms with E-state index in [-0.39, 0.29) is 16.8 Å². The normalized spacial score (nSPS) is 12.1. The molecule has 0 bridgehead atoms. The number of esters is 1. The molecule has 0 saturated heterocycles. The quantitative estimate of drug-likeness (QED) is 0.667. The second kappa shape index (κ2) is 6.35. The average molecular weight is 271 g/mol. The number of carbonyl (C=O) groups is 2. The van der Waals surface area contributed by atoms with Crippen molar-refractivity contribution < 1.29 is 14.3 Å². The van der Waals surface area contributed by atoms with Crippen LogP contribution in [-0.2, 0) is 9.53 Å². The van der Waals surface area contributed by atoms with Gasteiger partial charge in [-0.15, -0.1) is 0 Å². The zero-order valence-electron chi connectivity index (χ0n) is 10.4. The highest BCUT2D eigenvalue weighted by Crippen LogP contribution is 2.08. The van der Waals surface area contributed by atoms with E-state index in [0.29, 0.717) is 0 Å². The fourth-order valence-corrected chi connectivity index (χ4v) is 1.54. The summed E-state index contributed by atoms with van der Waals surface area (Å²) in [6, 6.07) is 4.00. The monoisotopic (exact) mass is 270 g/mol. The Balaban J connectivity index is 2.82. The molecular formula is C12H15ClN2O3. The van der Waals surface area contributed by atoms with E-state index in [4.69, 9.17) is 11.6 Å². The summed E-state index contributed by atoms with van der Waals surface area (Å²) < 4.78 is 4.63. The zero-order chi connectivity index (χ0) is 13.7. The van der Waals surface area contributed by atoms with E-state index in [1.165, 1.54) is 13.2 Å². The third kappa shape index (κ3) is 3.70. The molecule has 5 nitrogen and oxygen atoms in total. The molecule has 0 saturated carbocycles. The molecule has 1 N–H and O–H groups in total. The molecule has 1 amide bonds. The van der Waals surface area contributed by atoms with Crippen molar-refractivity contribution in [2.45, 2.75) is 19.9 Å². The van der Waals surface area contributed by atoms with Crippen LogP contribution in [0.15, 0.2) is 18.2 Å². The van der Waals surface area contributed by atoms with Gasteiger partial charge >= 0.3 is 5.97 Å². The molecule has 6 heteroatoms. The van der Waals surface area contributed by atoms with Crippen molar-refractivity contribution in [1.82, 2.24) is 10.3 Å². The molecule has 0 aliphatic heterocycles. The van der Waals surface area contributed by atoms with Gasteiger partial charge in [-0.05, 0) is 18.1 Å². The SMILES string of the molecule is COC(=O)[C@@H](NC(=O)c1cccc(Cl)n1)C(C)C. The van der Waals surface area contributed by atoms with Crippen molar-refractivity contribution in [2.24, 2.45) is 5.92 Å². The topological polar surface area (TPSA) is 68.3 Å². The third-order valence-electron chi connectivity index (χ3n) is 2.36. The number of methoxy groups -OCH3 is 1. The number of halogens is 1. The molecule has 0 aliphatic rings. The summed E-state index contributed by atoms with van der Waals surface area (Å²) in [6.45, 7) is 3.63. The first-order valence-corrected chi connectivity index (χ1v) is 5.84. The molecule has 0 radical (unpaired) electrons. The van der Waals surface area contributed by atoms with Crippen molar-refractivity contribution in [2.75, 3.05) is 7.11 Å². The molecule has 18 heavy (non-hydrogen) atoms. The first-order chi connectivity index (χ1) is 8.45. The third-order valence-corrected chi connectivity index (χ3v) is 2.57. The minimum atomic E-state index is -0.705. The number of nitrogens with one attached hydrogen (secondary N) is 1. The summed E-state index contributed by atoms with van der Waals surface area (Å²) in [7, 11) is 1.28. The van der Waals surface area contributed by atoms with Crippen LogP contribution in [-0.4, -0.2) is 30.0 Å². The van der Waals surface area contributed by atoms with Crippen LogP contribution in [0, 0.1) is 5.92 Å². The molecule has 1 aromatic rings. The molecule has 0 fully saturated rings. The lowest BCUT2D eigenvalue weighted by Crippen LogP contribution is -2.45. The van der Waals surface area contributed by atoms with Gasteiger partial charge in [0.05, 0.1) is 7.11 Å². The Hall–Kier alpha value is -1.62. The first-order valence-electron chi connectivity index (χ1n) is 5.47. The highest BCUT2D eigenvalue weighted by atomic mass is 35.5. The number of nitrogens with zero attached hydrogens (tertiary/aromatic N) is 1. The van der Waals surface area contributed by atoms with Crippen LogP contribution in [0.3, 0.4) is 0 Å². The molecule has 0 unspecified atom stereocenters. The number of hydrogen-bond acceptors (Lipinski definition) is 4. The zero-order valence-corrected chi connectivity index (χ0v) is 11.2. The highest BCUT2D eigenvalue weighted by Gasteiger charge is 2.25. The number of amides is 1. The lowest BCUT2D eigenvalue weighted by Gasteiger charge is -2.19. The van der Waals surface area contributed by atoms with Crippen molar-refractivity contribution >= 4 is 23.5 Å². The second-order valence-corrected chi connectivity index (χ2v) is 4.45. The van der Waals surface area contributed by atoms with E-state index in [1.54, 1.807) is 12.1 Å². The molecule has 1 aromatic heterocycles. The highest BCUT2D eigenvalue weighted by molar-refractivity contribution is 6.29. The van der Waals surface area contributed by atoms with Gasteiger partial charge in [0.1, 0.15) is 16.9 Å². The predicted molar refractivity (Wildman–Crippen MR) is 67.4 cm³/mol. The van der Waals surface area contributed by atoms with E-state index in [2.05, 4.69) is 15.0 Å². The number of hydrogen-bond donors (Lipinski definition) is 1. The Bertz CT molecular complexity index is 449. The molecular weight excluding hydrogens is 256 g/mol. The number of aromatic nitrogens is 1. The van der Waals surface area contributed by atoms with Crippen LogP contribution in [0.5, 0.6) is 0 Å². The molecule has 1 rings (SSSR count). The van der Waals surface area contributed by atoms with Crippen LogP contribution in [0.1, 0.15) is 24.3 Å². The maximum atomic E-state index is 11.9. The minimum Gasteiger partial charge on any atom is -0.467 e. The maximum Gasteiger partial charge on any atom is 0.328 e. The minimum absolute atomic E-state index is 0.0828. The lowest BCUT2D eigenvalue weighted by molar-refractivity contribution is -0.144. The Morgan fingerprint density at radius 1 is 1.39 bits per heavy atom. The fraction of sp³-hybridized carbons (Fsp3) is 0.417. The number of ether oxygens (including phenoxy) is 1. The number of carbonyl (C=O) groups excluding carboxylic acids is 2. The van der Waals surface area contributed by atoms with Gasteiger partial charge in [-0.1, -0.05) is 31.5 Å². The van der Waals surface area contributed by atoms with E-state index < -0.39 is 17.9 Å². The van der Waals surface area contributed by atoms with Gasteiger partial charge in [-0.25, -0.2) is 9.78 Å². The number of rotatable bonds is 4. The van der Waals surface area contributed by atoms with Gasteiger partial charge in [0.2, 0.25) is 0 Å². The summed E-state index contributed by atoms with van der Waals surface area (Å²) in [4.78, 5) is 27.3. The molecule has 0 spiro atoms. The Morgan fingerprint density at radius 3 is 2.56 bits per heavy atom. The first kappa shape index (κ1) is 14.4. The fourth-order valence-electron chi connectivity index (χ4n) is 1.37. The summed E-state index contributed by atoms with van der Waals surface area (Å²) >= 11 is 5.70. The predicted octanol–water partition coefficient (Wildman–Crippen LogP) is 1.66. The molecule has 0 aliphatic carbocycles. The molecule has 0 aromatic carbocycles. The van der Waals surface area contributed by atoms with Gasteiger partial charge < -0.3 is 10.1 Å². The van der Waals surface area contributed by atoms with Crippen LogP contribution in [0.25, 0.3) is 0 Å². The van der Waals surface area contributed by atoms with Crippen molar-refractivity contribution in [3.05, 3.63) is 29.0 Å². The van der Waals surface area contributed by atoms with Gasteiger partial charge in [0.25, 0.3) is 5.91 Å². The Labute approximate surface area is 110 Å². The maximum absolute atomic E-state index is 11.9. The van der Waals surface area contributed by atoms with Crippen LogP contribution < -0.4 is 5.32 Å². The summed E-state index contributed by atoms with van der Waals surface area (Å²) in [5, 5.41) is 2.80. The summed E-state index contributed by atoms with van der Waals surface area (Å²) in [5.41, 5.74) is 0.164. The molecule has 1 heterocycles. The van der Waals surface area contributed by atoms with Crippen molar-refractivity contribution in [3.8, 4) is 0 Å². The number of pyridine rings is 1. The molecule has 1 atom stereocenters. The average Bonchev–Trinajstić information content (AvgIpc) is 2.34. The largest absolute Gasteiger partial charge is 0.467 e. The smallest absolute Gasteiger partial charge is 0.328 e. The van der Waals surface area contributed by atoms with E-state index in [1.807, 2.05) is 13.8 Å². The standard InChI is InChI=1S/C12H15ClN2O3/c1-7(2)10(12(17)18-3)15-11(16)8-5-4-6-9(13)14-8/h4-7,10H,1-3H3,(H,15,16)/t10-/m0/s1. The molecule has 98 valence electrons. The van der Waals surface area contributed by atoms with Gasteiger partial charge in [-0.3, -0.25) is 4.79 Å². The van der Waals surface area contributed by atoms with E-state index in [0.717, 1.165) is 0 Å².